The molecule has 0 aromatic heterocycles. The van der Waals surface area contributed by atoms with Crippen LogP contribution in [-0.2, 0) is 4.79 Å². The van der Waals surface area contributed by atoms with Gasteiger partial charge in [0.2, 0.25) is 0 Å². The van der Waals surface area contributed by atoms with Gasteiger partial charge in [-0.1, -0.05) is 0 Å². The monoisotopic (exact) mass is 176 g/mol. The van der Waals surface area contributed by atoms with Crippen LogP contribution in [0.1, 0.15) is 20.3 Å². The number of carbonyl (C=O) groups is 1. The predicted octanol–water partition coefficient (Wildman–Crippen LogP) is 2.16. The predicted molar refractivity (Wildman–Crippen MR) is 48.6 cm³/mol. The summed E-state index contributed by atoms with van der Waals surface area (Å²) in [6, 6.07) is 0. The van der Waals surface area contributed by atoms with Crippen molar-refractivity contribution in [1.29, 1.82) is 0 Å². The highest BCUT2D eigenvalue weighted by molar-refractivity contribution is 8.21. The third-order valence-electron chi connectivity index (χ3n) is 1.47. The first-order valence-electron chi connectivity index (χ1n) is 3.40. The third kappa shape index (κ3) is 2.20. The van der Waals surface area contributed by atoms with Crippen LogP contribution >= 0.6 is 23.5 Å². The second-order valence-corrected chi connectivity index (χ2v) is 6.16. The molecule has 0 N–H and O–H groups in total. The van der Waals surface area contributed by atoms with Crippen LogP contribution in [-0.4, -0.2) is 21.4 Å². The normalized spacial score (nSPS) is 23.0. The maximum absolute atomic E-state index is 10.8. The van der Waals surface area contributed by atoms with Crippen molar-refractivity contribution in [2.45, 2.75) is 24.3 Å². The van der Waals surface area contributed by atoms with Gasteiger partial charge in [-0.05, 0) is 13.8 Å². The molecule has 1 fully saturated rings. The number of hydrogen-bond donors (Lipinski definition) is 0. The summed E-state index contributed by atoms with van der Waals surface area (Å²) in [5, 5.41) is 0. The van der Waals surface area contributed by atoms with Crippen LogP contribution in [0.2, 0.25) is 0 Å². The molecule has 10 heavy (non-hydrogen) atoms. The maximum atomic E-state index is 10.8. The van der Waals surface area contributed by atoms with Crippen molar-refractivity contribution in [3.63, 3.8) is 0 Å². The molecular weight excluding hydrogens is 164 g/mol. The highest BCUT2D eigenvalue weighted by Crippen LogP contribution is 2.45. The van der Waals surface area contributed by atoms with Crippen molar-refractivity contribution in [2.75, 3.05) is 11.5 Å². The van der Waals surface area contributed by atoms with Gasteiger partial charge in [-0.25, -0.2) is 0 Å². The van der Waals surface area contributed by atoms with Crippen LogP contribution in [0.3, 0.4) is 0 Å². The van der Waals surface area contributed by atoms with Gasteiger partial charge in [0.05, 0.1) is 4.08 Å². The number of hydrogen-bond acceptors (Lipinski definition) is 3. The van der Waals surface area contributed by atoms with Crippen LogP contribution in [0.15, 0.2) is 0 Å². The molecule has 0 radical (unpaired) electrons. The average molecular weight is 176 g/mol. The van der Waals surface area contributed by atoms with Crippen molar-refractivity contribution < 1.29 is 4.79 Å². The first-order chi connectivity index (χ1) is 4.62. The van der Waals surface area contributed by atoms with E-state index in [2.05, 4.69) is 6.92 Å². The third-order valence-corrected chi connectivity index (χ3v) is 4.76. The van der Waals surface area contributed by atoms with E-state index in [0.29, 0.717) is 5.78 Å². The molecule has 1 rings (SSSR count). The second kappa shape index (κ2) is 3.18. The molecule has 0 amide bonds. The Balaban J connectivity index is 2.43. The molecule has 3 heteroatoms. The lowest BCUT2D eigenvalue weighted by Gasteiger charge is -2.18. The molecule has 1 aliphatic heterocycles. The molecule has 1 saturated heterocycles. The molecule has 0 aromatic carbocycles. The molecule has 0 aliphatic carbocycles. The van der Waals surface area contributed by atoms with E-state index in [9.17, 15) is 4.79 Å². The Morgan fingerprint density at radius 3 is 2.40 bits per heavy atom. The molecule has 0 atom stereocenters. The van der Waals surface area contributed by atoms with Gasteiger partial charge in [0.1, 0.15) is 5.78 Å². The molecule has 1 aliphatic rings. The zero-order valence-electron chi connectivity index (χ0n) is 6.35. The summed E-state index contributed by atoms with van der Waals surface area (Å²) in [5.74, 6) is 2.72. The standard InChI is InChI=1S/C7H12OS2/c1-6(8)5-7(2)9-3-4-10-7/h3-5H2,1-2H3. The quantitative estimate of drug-likeness (QED) is 0.642. The van der Waals surface area contributed by atoms with Crippen molar-refractivity contribution in [3.05, 3.63) is 0 Å². The van der Waals surface area contributed by atoms with Gasteiger partial charge in [0.15, 0.2) is 0 Å². The molecule has 0 saturated carbocycles. The van der Waals surface area contributed by atoms with E-state index in [-0.39, 0.29) is 4.08 Å². The van der Waals surface area contributed by atoms with Crippen LogP contribution < -0.4 is 0 Å². The van der Waals surface area contributed by atoms with Gasteiger partial charge in [0, 0.05) is 17.9 Å². The number of rotatable bonds is 2. The van der Waals surface area contributed by atoms with E-state index < -0.39 is 0 Å². The van der Waals surface area contributed by atoms with E-state index in [1.54, 1.807) is 6.92 Å². The lowest BCUT2D eigenvalue weighted by molar-refractivity contribution is -0.117. The highest BCUT2D eigenvalue weighted by atomic mass is 32.2. The van der Waals surface area contributed by atoms with Gasteiger partial charge < -0.3 is 0 Å². The van der Waals surface area contributed by atoms with E-state index in [1.165, 1.54) is 11.5 Å². The second-order valence-electron chi connectivity index (χ2n) is 2.71. The Kier molecular flexibility index (Phi) is 2.69. The summed E-state index contributed by atoms with van der Waals surface area (Å²) in [6.07, 6.45) is 0.725. The summed E-state index contributed by atoms with van der Waals surface area (Å²) < 4.78 is 0.200. The van der Waals surface area contributed by atoms with Crippen LogP contribution in [0, 0.1) is 0 Å². The van der Waals surface area contributed by atoms with E-state index >= 15 is 0 Å². The molecule has 0 unspecified atom stereocenters. The van der Waals surface area contributed by atoms with Crippen molar-refractivity contribution in [1.82, 2.24) is 0 Å². The SMILES string of the molecule is CC(=O)CC1(C)SCCS1. The van der Waals surface area contributed by atoms with Gasteiger partial charge in [-0.3, -0.25) is 4.79 Å². The first-order valence-corrected chi connectivity index (χ1v) is 5.37. The van der Waals surface area contributed by atoms with Gasteiger partial charge in [-0.2, -0.15) is 0 Å². The van der Waals surface area contributed by atoms with Gasteiger partial charge in [0.25, 0.3) is 0 Å². The van der Waals surface area contributed by atoms with Crippen molar-refractivity contribution in [3.8, 4) is 0 Å². The van der Waals surface area contributed by atoms with Crippen LogP contribution in [0.25, 0.3) is 0 Å². The van der Waals surface area contributed by atoms with E-state index in [0.717, 1.165) is 6.42 Å². The molecule has 0 spiro atoms. The van der Waals surface area contributed by atoms with E-state index in [4.69, 9.17) is 0 Å². The minimum Gasteiger partial charge on any atom is -0.300 e. The van der Waals surface area contributed by atoms with E-state index in [1.807, 2.05) is 23.5 Å². The average Bonchev–Trinajstić information content (AvgIpc) is 2.12. The maximum Gasteiger partial charge on any atom is 0.132 e. The summed E-state index contributed by atoms with van der Waals surface area (Å²) in [6.45, 7) is 3.83. The van der Waals surface area contributed by atoms with Gasteiger partial charge in [-0.15, -0.1) is 23.5 Å². The summed E-state index contributed by atoms with van der Waals surface area (Å²) in [7, 11) is 0. The van der Waals surface area contributed by atoms with Crippen molar-refractivity contribution in [2.24, 2.45) is 0 Å². The fourth-order valence-corrected chi connectivity index (χ4v) is 4.09. The zero-order valence-corrected chi connectivity index (χ0v) is 7.98. The Bertz CT molecular complexity index is 139. The number of carbonyl (C=O) groups excluding carboxylic acids is 1. The van der Waals surface area contributed by atoms with Crippen LogP contribution in [0.4, 0.5) is 0 Å². The Morgan fingerprint density at radius 2 is 2.00 bits per heavy atom. The zero-order chi connectivity index (χ0) is 7.61. The topological polar surface area (TPSA) is 17.1 Å². The largest absolute Gasteiger partial charge is 0.300 e. The Hall–Kier alpha value is 0.370. The van der Waals surface area contributed by atoms with Gasteiger partial charge >= 0.3 is 0 Å². The minimum atomic E-state index is 0.200. The summed E-state index contributed by atoms with van der Waals surface area (Å²) in [5.41, 5.74) is 0. The van der Waals surface area contributed by atoms with Crippen LogP contribution in [0.5, 0.6) is 0 Å². The number of ketones is 1. The molecule has 1 nitrogen and oxygen atoms in total. The molecule has 0 bridgehead atoms. The fraction of sp³-hybridized carbons (Fsp3) is 0.857. The molecular formula is C7H12OS2. The number of thioether (sulfide) groups is 2. The molecule has 58 valence electrons. The Labute approximate surface area is 70.3 Å². The highest BCUT2D eigenvalue weighted by Gasteiger charge is 2.31. The lowest BCUT2D eigenvalue weighted by atomic mass is 10.2. The minimum absolute atomic E-state index is 0.200. The first kappa shape index (κ1) is 8.47. The lowest BCUT2D eigenvalue weighted by Crippen LogP contribution is -2.15. The smallest absolute Gasteiger partial charge is 0.132 e. The fourth-order valence-electron chi connectivity index (χ4n) is 1.11. The number of Topliss-reactive ketones (excluding diaryl/α,β-unsaturated/α-hetero) is 1. The summed E-state index contributed by atoms with van der Waals surface area (Å²) in [4.78, 5) is 10.8. The van der Waals surface area contributed by atoms with Crippen molar-refractivity contribution >= 4 is 29.3 Å². The molecule has 1 heterocycles. The Morgan fingerprint density at radius 1 is 1.50 bits per heavy atom. The summed E-state index contributed by atoms with van der Waals surface area (Å²) >= 11 is 3.83. The molecule has 0 aromatic rings.